The first-order valence-corrected chi connectivity index (χ1v) is 14.0. The van der Waals surface area contributed by atoms with Crippen LogP contribution in [0.4, 0.5) is 0 Å². The summed E-state index contributed by atoms with van der Waals surface area (Å²) in [7, 11) is -2.99. The smallest absolute Gasteiger partial charge is 0.215 e. The van der Waals surface area contributed by atoms with Crippen molar-refractivity contribution in [2.75, 3.05) is 0 Å². The number of benzene rings is 4. The van der Waals surface area contributed by atoms with Crippen LogP contribution in [0.5, 0.6) is 0 Å². The fourth-order valence-corrected chi connectivity index (χ4v) is 9.18. The van der Waals surface area contributed by atoms with Gasteiger partial charge in [-0.2, -0.15) is 0 Å². The zero-order valence-corrected chi connectivity index (χ0v) is 19.8. The van der Waals surface area contributed by atoms with Crippen LogP contribution in [0.15, 0.2) is 84.9 Å². The summed E-state index contributed by atoms with van der Waals surface area (Å²) in [6, 6.07) is 30.5. The fraction of sp³-hybridized carbons (Fsp3) is 0.310. The lowest BCUT2D eigenvalue weighted by atomic mass is 9.80. The Balaban J connectivity index is 1.32. The van der Waals surface area contributed by atoms with Crippen LogP contribution in [0.3, 0.4) is 0 Å². The molecule has 3 nitrogen and oxygen atoms in total. The molecule has 1 aliphatic heterocycles. The van der Waals surface area contributed by atoms with E-state index in [1.165, 1.54) is 45.5 Å². The molecule has 4 aromatic carbocycles. The van der Waals surface area contributed by atoms with E-state index in [1.54, 1.807) is 0 Å². The summed E-state index contributed by atoms with van der Waals surface area (Å²) >= 11 is 0. The van der Waals surface area contributed by atoms with Gasteiger partial charge in [0.1, 0.15) is 0 Å². The SMILES string of the molecule is NP1(=O)C(Cc2ccc3ccccc3c2)[C@H]2CCCC[C@@H]2N1Cc1ccc2ccccc2c1. The Labute approximate surface area is 196 Å². The molecule has 2 aliphatic rings. The molecule has 168 valence electrons. The zero-order chi connectivity index (χ0) is 22.4. The summed E-state index contributed by atoms with van der Waals surface area (Å²) in [6.07, 6.45) is 5.47. The number of fused-ring (bicyclic) bond motifs is 3. The second-order valence-corrected chi connectivity index (χ2v) is 12.4. The minimum absolute atomic E-state index is 0.0319. The molecule has 2 N–H and O–H groups in total. The van der Waals surface area contributed by atoms with E-state index in [-0.39, 0.29) is 5.66 Å². The highest BCUT2D eigenvalue weighted by Gasteiger charge is 2.54. The third-order valence-corrected chi connectivity index (χ3v) is 10.7. The van der Waals surface area contributed by atoms with Crippen LogP contribution in [-0.2, 0) is 17.5 Å². The topological polar surface area (TPSA) is 46.3 Å². The molecule has 0 spiro atoms. The minimum atomic E-state index is -2.99. The highest BCUT2D eigenvalue weighted by atomic mass is 31.2. The van der Waals surface area contributed by atoms with E-state index in [9.17, 15) is 4.57 Å². The van der Waals surface area contributed by atoms with Crippen LogP contribution in [0.1, 0.15) is 36.8 Å². The standard InChI is InChI=1S/C29H31N2OP/c30-33(32)29(19-21-13-15-23-7-1-3-9-25(23)17-21)27-11-5-6-12-28(27)31(33)20-22-14-16-24-8-2-4-10-26(24)18-22/h1-4,7-10,13-18,27-29H,5-6,11-12,19-20H2,(H2,30,32)/t27-,28-,29?,33?/m0/s1. The van der Waals surface area contributed by atoms with Crippen molar-refractivity contribution in [2.45, 2.75) is 50.3 Å². The van der Waals surface area contributed by atoms with Crippen molar-refractivity contribution in [3.05, 3.63) is 96.1 Å². The minimum Gasteiger partial charge on any atom is -0.289 e. The normalized spacial score (nSPS) is 27.7. The Morgan fingerprint density at radius 2 is 1.33 bits per heavy atom. The Morgan fingerprint density at radius 3 is 2.03 bits per heavy atom. The average molecular weight is 455 g/mol. The summed E-state index contributed by atoms with van der Waals surface area (Å²) in [5.41, 5.74) is 9.32. The summed E-state index contributed by atoms with van der Waals surface area (Å²) < 4.78 is 16.5. The first-order valence-electron chi connectivity index (χ1n) is 12.2. The molecule has 0 bridgehead atoms. The van der Waals surface area contributed by atoms with Crippen molar-refractivity contribution in [3.63, 3.8) is 0 Å². The van der Waals surface area contributed by atoms with Gasteiger partial charge >= 0.3 is 0 Å². The Bertz CT molecular complexity index is 1260. The van der Waals surface area contributed by atoms with Crippen LogP contribution in [0, 0.1) is 5.92 Å². The number of nitrogens with two attached hydrogens (primary N) is 1. The first kappa shape index (κ1) is 21.1. The van der Waals surface area contributed by atoms with E-state index < -0.39 is 7.44 Å². The molecule has 4 aromatic rings. The largest absolute Gasteiger partial charge is 0.289 e. The second-order valence-electron chi connectivity index (χ2n) is 9.92. The van der Waals surface area contributed by atoms with E-state index in [1.807, 2.05) is 0 Å². The van der Waals surface area contributed by atoms with E-state index >= 15 is 0 Å². The molecule has 0 radical (unpaired) electrons. The van der Waals surface area contributed by atoms with Gasteiger partial charge in [0.25, 0.3) is 0 Å². The van der Waals surface area contributed by atoms with Gasteiger partial charge < -0.3 is 0 Å². The molecular weight excluding hydrogens is 423 g/mol. The van der Waals surface area contributed by atoms with Crippen LogP contribution >= 0.6 is 7.44 Å². The molecule has 4 atom stereocenters. The van der Waals surface area contributed by atoms with E-state index in [2.05, 4.69) is 89.6 Å². The van der Waals surface area contributed by atoms with Gasteiger partial charge in [0.15, 0.2) is 0 Å². The van der Waals surface area contributed by atoms with Gasteiger partial charge in [0.2, 0.25) is 7.44 Å². The van der Waals surface area contributed by atoms with E-state index in [0.717, 1.165) is 19.3 Å². The lowest BCUT2D eigenvalue weighted by Gasteiger charge is -2.32. The van der Waals surface area contributed by atoms with E-state index in [4.69, 9.17) is 5.50 Å². The Morgan fingerprint density at radius 1 is 0.758 bits per heavy atom. The second kappa shape index (κ2) is 8.40. The molecule has 33 heavy (non-hydrogen) atoms. The molecular formula is C29H31N2OP. The lowest BCUT2D eigenvalue weighted by molar-refractivity contribution is 0.205. The Hall–Kier alpha value is -2.45. The lowest BCUT2D eigenvalue weighted by Crippen LogP contribution is -2.34. The number of hydrogen-bond acceptors (Lipinski definition) is 1. The number of hydrogen-bond donors (Lipinski definition) is 1. The summed E-state index contributed by atoms with van der Waals surface area (Å²) in [5.74, 6) is 0.418. The van der Waals surface area contributed by atoms with E-state index in [0.29, 0.717) is 18.5 Å². The first-order chi connectivity index (χ1) is 16.1. The molecule has 1 aliphatic carbocycles. The number of nitrogens with zero attached hydrogens (tertiary/aromatic N) is 1. The van der Waals surface area contributed by atoms with Crippen LogP contribution < -0.4 is 5.50 Å². The van der Waals surface area contributed by atoms with Gasteiger partial charge in [-0.25, -0.2) is 4.67 Å². The van der Waals surface area contributed by atoms with Crippen molar-refractivity contribution in [1.82, 2.24) is 4.67 Å². The maximum absolute atomic E-state index is 14.3. The molecule has 6 rings (SSSR count). The fourth-order valence-electron chi connectivity index (χ4n) is 6.30. The van der Waals surface area contributed by atoms with Crippen molar-refractivity contribution in [3.8, 4) is 0 Å². The van der Waals surface area contributed by atoms with Gasteiger partial charge in [0.05, 0.1) is 0 Å². The third-order valence-electron chi connectivity index (χ3n) is 7.95. The molecule has 1 heterocycles. The molecule has 1 saturated carbocycles. The highest BCUT2D eigenvalue weighted by Crippen LogP contribution is 2.63. The average Bonchev–Trinajstić information content (AvgIpc) is 3.05. The van der Waals surface area contributed by atoms with Crippen molar-refractivity contribution >= 4 is 29.0 Å². The van der Waals surface area contributed by atoms with Crippen molar-refractivity contribution < 1.29 is 4.57 Å². The third kappa shape index (κ3) is 3.83. The molecule has 1 saturated heterocycles. The summed E-state index contributed by atoms with van der Waals surface area (Å²) in [6.45, 7) is 0.675. The maximum atomic E-state index is 14.3. The van der Waals surface area contributed by atoms with Gasteiger partial charge in [-0.05, 0) is 63.9 Å². The van der Waals surface area contributed by atoms with Gasteiger partial charge in [-0.15, -0.1) is 0 Å². The summed E-state index contributed by atoms with van der Waals surface area (Å²) in [4.78, 5) is 0. The van der Waals surface area contributed by atoms with Crippen molar-refractivity contribution in [2.24, 2.45) is 11.4 Å². The van der Waals surface area contributed by atoms with Gasteiger partial charge in [0, 0.05) is 18.2 Å². The predicted molar refractivity (Wildman–Crippen MR) is 138 cm³/mol. The predicted octanol–water partition coefficient (Wildman–Crippen LogP) is 7.13. The molecule has 4 heteroatoms. The van der Waals surface area contributed by atoms with Crippen LogP contribution in [0.2, 0.25) is 0 Å². The molecule has 0 amide bonds. The highest BCUT2D eigenvalue weighted by molar-refractivity contribution is 7.60. The zero-order valence-electron chi connectivity index (χ0n) is 18.9. The summed E-state index contributed by atoms with van der Waals surface area (Å²) in [5, 5.41) is 4.96. The molecule has 2 fully saturated rings. The quantitative estimate of drug-likeness (QED) is 0.334. The number of rotatable bonds is 4. The maximum Gasteiger partial charge on any atom is 0.215 e. The monoisotopic (exact) mass is 454 g/mol. The van der Waals surface area contributed by atoms with Crippen molar-refractivity contribution in [1.29, 1.82) is 0 Å². The van der Waals surface area contributed by atoms with Crippen LogP contribution in [-0.4, -0.2) is 16.4 Å². The van der Waals surface area contributed by atoms with Crippen LogP contribution in [0.25, 0.3) is 21.5 Å². The van der Waals surface area contributed by atoms with Gasteiger partial charge in [-0.3, -0.25) is 10.1 Å². The molecule has 2 unspecified atom stereocenters. The Kier molecular flexibility index (Phi) is 5.37. The molecule has 0 aromatic heterocycles. The van der Waals surface area contributed by atoms with Gasteiger partial charge in [-0.1, -0.05) is 91.7 Å².